The Bertz CT molecular complexity index is 1440. The summed E-state index contributed by atoms with van der Waals surface area (Å²) in [4.78, 5) is 12.8. The van der Waals surface area contributed by atoms with Crippen LogP contribution in [0.3, 0.4) is 0 Å². The van der Waals surface area contributed by atoms with E-state index >= 15 is 0 Å². The molecule has 2 N–H and O–H groups in total. The molecule has 0 aliphatic heterocycles. The summed E-state index contributed by atoms with van der Waals surface area (Å²) in [6, 6.07) is 25.5. The van der Waals surface area contributed by atoms with Crippen LogP contribution in [0.15, 0.2) is 89.8 Å². The van der Waals surface area contributed by atoms with Gasteiger partial charge in [0, 0.05) is 10.9 Å². The van der Waals surface area contributed by atoms with Crippen molar-refractivity contribution in [1.29, 1.82) is 0 Å². The average Bonchev–Trinajstić information content (AvgIpc) is 2.83. The van der Waals surface area contributed by atoms with E-state index in [0.29, 0.717) is 11.3 Å². The number of benzene rings is 4. The minimum Gasteiger partial charge on any atom is -0.491 e. The largest absolute Gasteiger partial charge is 0.491 e. The van der Waals surface area contributed by atoms with E-state index in [1.165, 1.54) is 6.07 Å². The fourth-order valence-corrected chi connectivity index (χ4v) is 5.07. The van der Waals surface area contributed by atoms with Gasteiger partial charge in [-0.25, -0.2) is 8.42 Å². The molecule has 0 fully saturated rings. The van der Waals surface area contributed by atoms with Gasteiger partial charge >= 0.3 is 0 Å². The minimum absolute atomic E-state index is 0.0652. The summed E-state index contributed by atoms with van der Waals surface area (Å²) in [6.07, 6.45) is 0. The van der Waals surface area contributed by atoms with Crippen LogP contribution in [0.4, 0.5) is 5.69 Å². The number of carbonyl (C=O) groups is 1. The van der Waals surface area contributed by atoms with Gasteiger partial charge < -0.3 is 10.1 Å². The minimum atomic E-state index is -3.86. The Morgan fingerprint density at radius 1 is 0.853 bits per heavy atom. The number of amides is 1. The van der Waals surface area contributed by atoms with Gasteiger partial charge in [-0.1, -0.05) is 60.7 Å². The second kappa shape index (κ2) is 9.97. The fourth-order valence-electron chi connectivity index (χ4n) is 3.67. The molecule has 174 valence electrons. The summed E-state index contributed by atoms with van der Waals surface area (Å²) < 4.78 is 34.5. The van der Waals surface area contributed by atoms with Gasteiger partial charge in [-0.15, -0.1) is 0 Å². The molecule has 4 aromatic rings. The number of hydrogen-bond donors (Lipinski definition) is 2. The third kappa shape index (κ3) is 5.21. The smallest absolute Gasteiger partial charge is 0.262 e. The molecular formula is C27H26N2O4S. The lowest BCUT2D eigenvalue weighted by molar-refractivity contribution is 0.0947. The van der Waals surface area contributed by atoms with Crippen LogP contribution >= 0.6 is 0 Å². The van der Waals surface area contributed by atoms with Gasteiger partial charge in [0.15, 0.2) is 0 Å². The molecule has 34 heavy (non-hydrogen) atoms. The average molecular weight is 475 g/mol. The molecule has 1 amide bonds. The van der Waals surface area contributed by atoms with Crippen molar-refractivity contribution in [2.45, 2.75) is 18.7 Å². The summed E-state index contributed by atoms with van der Waals surface area (Å²) >= 11 is 0. The normalized spacial score (nSPS) is 11.2. The zero-order chi connectivity index (χ0) is 24.1. The number of para-hydroxylation sites is 1. The molecule has 0 unspecified atom stereocenters. The molecule has 0 aliphatic carbocycles. The molecule has 0 saturated heterocycles. The van der Waals surface area contributed by atoms with Gasteiger partial charge in [-0.05, 0) is 54.6 Å². The second-order valence-corrected chi connectivity index (χ2v) is 9.63. The van der Waals surface area contributed by atoms with Crippen molar-refractivity contribution in [3.05, 3.63) is 102 Å². The van der Waals surface area contributed by atoms with Gasteiger partial charge in [0.05, 0.1) is 17.1 Å². The summed E-state index contributed by atoms with van der Waals surface area (Å²) in [6.45, 7) is 4.09. The maximum Gasteiger partial charge on any atom is 0.262 e. The first-order chi connectivity index (χ1) is 16.3. The van der Waals surface area contributed by atoms with E-state index in [2.05, 4.69) is 10.0 Å². The monoisotopic (exact) mass is 474 g/mol. The summed E-state index contributed by atoms with van der Waals surface area (Å²) in [5.74, 6) is 0.382. The van der Waals surface area contributed by atoms with Gasteiger partial charge in [-0.2, -0.15) is 0 Å². The second-order valence-electron chi connectivity index (χ2n) is 7.98. The molecule has 4 aromatic carbocycles. The molecule has 0 heterocycles. The Kier molecular flexibility index (Phi) is 6.84. The SMILES string of the molecule is Cc1ccccc1NS(=O)(=O)c1cc(C(=O)NCCOc2cccc3ccccc23)ccc1C. The van der Waals surface area contributed by atoms with Crippen LogP contribution in [0.5, 0.6) is 5.75 Å². The number of anilines is 1. The molecule has 0 saturated carbocycles. The van der Waals surface area contributed by atoms with E-state index in [4.69, 9.17) is 4.74 Å². The number of carbonyl (C=O) groups excluding carboxylic acids is 1. The topological polar surface area (TPSA) is 84.5 Å². The van der Waals surface area contributed by atoms with E-state index in [9.17, 15) is 13.2 Å². The van der Waals surface area contributed by atoms with Crippen molar-refractivity contribution in [2.24, 2.45) is 0 Å². The Hall–Kier alpha value is -3.84. The number of sulfonamides is 1. The Morgan fingerprint density at radius 3 is 2.41 bits per heavy atom. The molecule has 7 heteroatoms. The van der Waals surface area contributed by atoms with Crippen molar-refractivity contribution in [3.63, 3.8) is 0 Å². The first-order valence-electron chi connectivity index (χ1n) is 10.9. The number of hydrogen-bond acceptors (Lipinski definition) is 4. The molecule has 6 nitrogen and oxygen atoms in total. The maximum absolute atomic E-state index is 13.0. The Morgan fingerprint density at radius 2 is 1.59 bits per heavy atom. The van der Waals surface area contributed by atoms with Gasteiger partial charge in [0.2, 0.25) is 0 Å². The molecule has 0 radical (unpaired) electrons. The molecule has 0 spiro atoms. The lowest BCUT2D eigenvalue weighted by atomic mass is 10.1. The van der Waals surface area contributed by atoms with Crippen LogP contribution < -0.4 is 14.8 Å². The van der Waals surface area contributed by atoms with Crippen molar-refractivity contribution in [3.8, 4) is 5.75 Å². The lowest BCUT2D eigenvalue weighted by Gasteiger charge is -2.14. The molecule has 0 aromatic heterocycles. The third-order valence-electron chi connectivity index (χ3n) is 5.52. The number of fused-ring (bicyclic) bond motifs is 1. The highest BCUT2D eigenvalue weighted by atomic mass is 32.2. The molecule has 0 atom stereocenters. The van der Waals surface area contributed by atoms with Gasteiger partial charge in [0.25, 0.3) is 15.9 Å². The quantitative estimate of drug-likeness (QED) is 0.349. The molecular weight excluding hydrogens is 448 g/mol. The number of nitrogens with one attached hydrogen (secondary N) is 2. The third-order valence-corrected chi connectivity index (χ3v) is 7.03. The maximum atomic E-state index is 13.0. The highest BCUT2D eigenvalue weighted by Crippen LogP contribution is 2.25. The van der Waals surface area contributed by atoms with E-state index in [1.807, 2.05) is 61.5 Å². The van der Waals surface area contributed by atoms with E-state index < -0.39 is 10.0 Å². The van der Waals surface area contributed by atoms with Crippen molar-refractivity contribution >= 4 is 32.4 Å². The van der Waals surface area contributed by atoms with Crippen molar-refractivity contribution < 1.29 is 17.9 Å². The summed E-state index contributed by atoms with van der Waals surface area (Å²) in [7, 11) is -3.86. The van der Waals surface area contributed by atoms with E-state index in [1.54, 1.807) is 31.2 Å². The zero-order valence-electron chi connectivity index (χ0n) is 19.0. The van der Waals surface area contributed by atoms with Gasteiger partial charge in [0.1, 0.15) is 12.4 Å². The number of rotatable bonds is 8. The van der Waals surface area contributed by atoms with Gasteiger partial charge in [-0.3, -0.25) is 9.52 Å². The molecule has 0 aliphatic rings. The first-order valence-corrected chi connectivity index (χ1v) is 12.4. The zero-order valence-corrected chi connectivity index (χ0v) is 19.9. The Balaban J connectivity index is 1.42. The fraction of sp³-hybridized carbons (Fsp3) is 0.148. The lowest BCUT2D eigenvalue weighted by Crippen LogP contribution is -2.28. The van der Waals surface area contributed by atoms with E-state index in [-0.39, 0.29) is 29.5 Å². The molecule has 4 rings (SSSR count). The summed E-state index contributed by atoms with van der Waals surface area (Å²) in [5.41, 5.74) is 2.13. The predicted octanol–water partition coefficient (Wildman–Crippen LogP) is 5.07. The van der Waals surface area contributed by atoms with Crippen LogP contribution in [-0.4, -0.2) is 27.5 Å². The molecule has 0 bridgehead atoms. The standard InChI is InChI=1S/C27H26N2O4S/c1-19-8-3-6-12-24(19)29-34(31,32)26-18-22(15-14-20(26)2)27(30)28-16-17-33-25-13-7-10-21-9-4-5-11-23(21)25/h3-15,18,29H,16-17H2,1-2H3,(H,28,30). The van der Waals surface area contributed by atoms with Crippen LogP contribution in [0.2, 0.25) is 0 Å². The summed E-state index contributed by atoms with van der Waals surface area (Å²) in [5, 5.41) is 4.88. The number of ether oxygens (including phenoxy) is 1. The van der Waals surface area contributed by atoms with Crippen LogP contribution in [-0.2, 0) is 10.0 Å². The van der Waals surface area contributed by atoms with Crippen LogP contribution in [0, 0.1) is 13.8 Å². The number of aryl methyl sites for hydroxylation is 2. The van der Waals surface area contributed by atoms with Crippen molar-refractivity contribution in [1.82, 2.24) is 5.32 Å². The first kappa shape index (κ1) is 23.3. The highest BCUT2D eigenvalue weighted by Gasteiger charge is 2.20. The van der Waals surface area contributed by atoms with Crippen molar-refractivity contribution in [2.75, 3.05) is 17.9 Å². The van der Waals surface area contributed by atoms with Crippen LogP contribution in [0.25, 0.3) is 10.8 Å². The predicted molar refractivity (Wildman–Crippen MR) is 135 cm³/mol. The Labute approximate surface area is 199 Å². The van der Waals surface area contributed by atoms with E-state index in [0.717, 1.165) is 22.1 Å². The van der Waals surface area contributed by atoms with Crippen LogP contribution in [0.1, 0.15) is 21.5 Å². The highest BCUT2D eigenvalue weighted by molar-refractivity contribution is 7.92.